The number of carbonyl (C=O) groups is 1. The molecule has 0 aliphatic heterocycles. The molecular weight excluding hydrogens is 457 g/mol. The molecule has 4 aliphatic carbocycles. The van der Waals surface area contributed by atoms with E-state index in [1.165, 1.54) is 36.2 Å². The van der Waals surface area contributed by atoms with E-state index >= 15 is 0 Å². The summed E-state index contributed by atoms with van der Waals surface area (Å²) in [6.07, 6.45) is 10.3. The van der Waals surface area contributed by atoms with Crippen LogP contribution >= 0.6 is 0 Å². The predicted molar refractivity (Wildman–Crippen MR) is 141 cm³/mol. The quantitative estimate of drug-likeness (QED) is 0.192. The second kappa shape index (κ2) is 11.1. The van der Waals surface area contributed by atoms with Crippen LogP contribution < -0.4 is 5.32 Å². The van der Waals surface area contributed by atoms with Crippen molar-refractivity contribution in [2.75, 3.05) is 26.3 Å². The third-order valence-corrected chi connectivity index (χ3v) is 10.4. The van der Waals surface area contributed by atoms with Crippen LogP contribution in [-0.4, -0.2) is 60.3 Å². The van der Waals surface area contributed by atoms with E-state index in [-0.39, 0.29) is 23.5 Å². The summed E-state index contributed by atoms with van der Waals surface area (Å²) in [5.74, 6) is 2.39. The maximum Gasteiger partial charge on any atom is 0.436 e. The third kappa shape index (κ3) is 5.24. The highest BCUT2D eigenvalue weighted by atomic mass is 19.1. The molecule has 6 nitrogen and oxygen atoms in total. The Hall–Kier alpha value is -1.47. The van der Waals surface area contributed by atoms with Crippen molar-refractivity contribution in [2.24, 2.45) is 39.7 Å². The third-order valence-electron chi connectivity index (χ3n) is 10.4. The minimum absolute atomic E-state index is 0.0195. The Morgan fingerprint density at radius 3 is 2.69 bits per heavy atom. The fraction of sp³-hybridized carbons (Fsp3) is 0.862. The number of nitrogens with one attached hydrogen (secondary N) is 1. The van der Waals surface area contributed by atoms with Gasteiger partial charge >= 0.3 is 6.09 Å². The van der Waals surface area contributed by atoms with Gasteiger partial charge in [0.2, 0.25) is 0 Å². The van der Waals surface area contributed by atoms with Gasteiger partial charge in [-0.3, -0.25) is 4.84 Å². The number of nitrogens with zero attached hydrogens (tertiary/aromatic N) is 2. The lowest BCUT2D eigenvalue weighted by atomic mass is 9.46. The first-order valence-electron chi connectivity index (χ1n) is 14.3. The van der Waals surface area contributed by atoms with E-state index in [1.807, 2.05) is 20.8 Å². The number of allylic oxidation sites excluding steroid dienone is 1. The van der Waals surface area contributed by atoms with Crippen molar-refractivity contribution >= 4 is 11.8 Å². The van der Waals surface area contributed by atoms with Crippen LogP contribution in [0.2, 0.25) is 0 Å². The van der Waals surface area contributed by atoms with Gasteiger partial charge in [-0.05, 0) is 86.9 Å². The van der Waals surface area contributed by atoms with Gasteiger partial charge in [0.15, 0.2) is 0 Å². The molecule has 0 bridgehead atoms. The average Bonchev–Trinajstić information content (AvgIpc) is 3.19. The summed E-state index contributed by atoms with van der Waals surface area (Å²) in [4.78, 5) is 19.4. The number of hydrogen-bond donors (Lipinski definition) is 2. The molecule has 0 aromatic rings. The number of rotatable bonds is 8. The van der Waals surface area contributed by atoms with Gasteiger partial charge in [0.05, 0.1) is 18.4 Å². The summed E-state index contributed by atoms with van der Waals surface area (Å²) >= 11 is 0. The first-order valence-corrected chi connectivity index (χ1v) is 14.3. The average molecular weight is 506 g/mol. The normalized spacial score (nSPS) is 38.2. The lowest BCUT2D eigenvalue weighted by Gasteiger charge is -2.58. The van der Waals surface area contributed by atoms with Crippen molar-refractivity contribution in [3.8, 4) is 0 Å². The summed E-state index contributed by atoms with van der Waals surface area (Å²) < 4.78 is 13.0. The Balaban J connectivity index is 1.42. The van der Waals surface area contributed by atoms with E-state index in [0.29, 0.717) is 36.9 Å². The van der Waals surface area contributed by atoms with Gasteiger partial charge < -0.3 is 15.3 Å². The Morgan fingerprint density at radius 1 is 1.19 bits per heavy atom. The molecule has 1 amide bonds. The number of alkyl halides is 1. The zero-order valence-corrected chi connectivity index (χ0v) is 23.1. The van der Waals surface area contributed by atoms with Crippen molar-refractivity contribution in [3.05, 3.63) is 11.6 Å². The second-order valence-corrected chi connectivity index (χ2v) is 12.7. The van der Waals surface area contributed by atoms with Gasteiger partial charge in [0, 0.05) is 25.0 Å². The zero-order valence-electron chi connectivity index (χ0n) is 23.1. The van der Waals surface area contributed by atoms with Crippen molar-refractivity contribution < 1.29 is 19.1 Å². The first-order chi connectivity index (χ1) is 17.1. The molecule has 0 unspecified atom stereocenters. The van der Waals surface area contributed by atoms with Gasteiger partial charge in [-0.2, -0.15) is 0 Å². The lowest BCUT2D eigenvalue weighted by Crippen LogP contribution is -2.51. The summed E-state index contributed by atoms with van der Waals surface area (Å²) in [5.41, 5.74) is 2.82. The lowest BCUT2D eigenvalue weighted by molar-refractivity contribution is -0.0479. The van der Waals surface area contributed by atoms with E-state index in [1.54, 1.807) is 0 Å². The Morgan fingerprint density at radius 2 is 1.97 bits per heavy atom. The molecule has 3 saturated carbocycles. The molecule has 0 heterocycles. The molecule has 3 fully saturated rings. The highest BCUT2D eigenvalue weighted by Crippen LogP contribution is 2.66. The molecule has 0 saturated heterocycles. The standard InChI is InChI=1S/C29H48FN3O3/c1-19(2)31-15-17-33(16-14-30)27(35)36-32-20(3)24-8-9-25-23-7-6-21-18-22(34)10-12-28(21,4)26(23)11-13-29(24,25)5/h18-19,22-26,31,34H,6-17H2,1-5H3/b32-20+/t22-,23-,24+,25-,26-,28-,29+/m0/s1. The maximum absolute atomic E-state index is 13.0. The molecule has 0 radical (unpaired) electrons. The number of aliphatic hydroxyl groups is 1. The van der Waals surface area contributed by atoms with Crippen molar-refractivity contribution in [1.82, 2.24) is 10.2 Å². The van der Waals surface area contributed by atoms with E-state index in [2.05, 4.69) is 30.4 Å². The van der Waals surface area contributed by atoms with Gasteiger partial charge in [-0.15, -0.1) is 0 Å². The summed E-state index contributed by atoms with van der Waals surface area (Å²) in [6, 6.07) is 0.304. The molecule has 7 atom stereocenters. The largest absolute Gasteiger partial charge is 0.436 e. The highest BCUT2D eigenvalue weighted by molar-refractivity contribution is 5.85. The molecular formula is C29H48FN3O3. The number of aliphatic hydroxyl groups excluding tert-OH is 1. The van der Waals surface area contributed by atoms with Crippen LogP contribution in [0.4, 0.5) is 9.18 Å². The molecule has 0 aromatic carbocycles. The van der Waals surface area contributed by atoms with Gasteiger partial charge in [0.25, 0.3) is 0 Å². The van der Waals surface area contributed by atoms with Crippen molar-refractivity contribution in [3.63, 3.8) is 0 Å². The van der Waals surface area contributed by atoms with E-state index in [9.17, 15) is 14.3 Å². The smallest absolute Gasteiger partial charge is 0.389 e. The fourth-order valence-electron chi connectivity index (χ4n) is 8.51. The molecule has 0 aromatic heterocycles. The molecule has 4 aliphatic rings. The van der Waals surface area contributed by atoms with Crippen LogP contribution in [0.15, 0.2) is 16.8 Å². The minimum atomic E-state index is -0.598. The molecule has 0 spiro atoms. The van der Waals surface area contributed by atoms with Gasteiger partial charge in [-0.1, -0.05) is 44.5 Å². The predicted octanol–water partition coefficient (Wildman–Crippen LogP) is 5.71. The van der Waals surface area contributed by atoms with Crippen LogP contribution in [0, 0.1) is 34.5 Å². The highest BCUT2D eigenvalue weighted by Gasteiger charge is 2.59. The van der Waals surface area contributed by atoms with E-state index in [4.69, 9.17) is 4.84 Å². The van der Waals surface area contributed by atoms with Gasteiger partial charge in [0.1, 0.15) is 6.67 Å². The Labute approximate surface area is 217 Å². The number of halogens is 1. The van der Waals surface area contributed by atoms with Crippen molar-refractivity contribution in [2.45, 2.75) is 98.1 Å². The van der Waals surface area contributed by atoms with Crippen LogP contribution in [0.1, 0.15) is 86.0 Å². The number of oxime groups is 1. The topological polar surface area (TPSA) is 74.2 Å². The summed E-state index contributed by atoms with van der Waals surface area (Å²) in [5, 5.41) is 17.8. The van der Waals surface area contributed by atoms with Crippen LogP contribution in [-0.2, 0) is 4.84 Å². The van der Waals surface area contributed by atoms with E-state index < -0.39 is 12.8 Å². The van der Waals surface area contributed by atoms with Crippen molar-refractivity contribution in [1.29, 1.82) is 0 Å². The number of amides is 1. The maximum atomic E-state index is 13.0. The van der Waals surface area contributed by atoms with Crippen LogP contribution in [0.25, 0.3) is 0 Å². The molecule has 36 heavy (non-hydrogen) atoms. The molecule has 204 valence electrons. The van der Waals surface area contributed by atoms with Gasteiger partial charge in [-0.25, -0.2) is 9.18 Å². The number of hydrogen-bond acceptors (Lipinski definition) is 5. The monoisotopic (exact) mass is 505 g/mol. The summed E-state index contributed by atoms with van der Waals surface area (Å²) in [7, 11) is 0. The zero-order chi connectivity index (χ0) is 26.1. The van der Waals surface area contributed by atoms with E-state index in [0.717, 1.165) is 37.3 Å². The minimum Gasteiger partial charge on any atom is -0.389 e. The van der Waals surface area contributed by atoms with Crippen LogP contribution in [0.3, 0.4) is 0 Å². The fourth-order valence-corrected chi connectivity index (χ4v) is 8.51. The molecule has 7 heteroatoms. The summed E-state index contributed by atoms with van der Waals surface area (Å²) in [6.45, 7) is 11.4. The number of fused-ring (bicyclic) bond motifs is 5. The second-order valence-electron chi connectivity index (χ2n) is 12.7. The molecule has 4 rings (SSSR count). The Bertz CT molecular complexity index is 861. The Kier molecular flexibility index (Phi) is 8.50. The SMILES string of the molecule is C/C(=N\OC(=O)N(CCF)CCNC(C)C)[C@H]1CC[C@H]2[C@@H]3CCC4=C[C@@H](O)CC[C@]4(C)[C@H]3CC[C@]12C. The molecule has 2 N–H and O–H groups in total. The first kappa shape index (κ1) is 27.6. The van der Waals surface area contributed by atoms with Crippen LogP contribution in [0.5, 0.6) is 0 Å². The number of carbonyl (C=O) groups excluding carboxylic acids is 1.